The fourth-order valence-corrected chi connectivity index (χ4v) is 4.04. The van der Waals surface area contributed by atoms with E-state index in [9.17, 15) is 9.59 Å². The van der Waals surface area contributed by atoms with Crippen LogP contribution in [-0.4, -0.2) is 42.5 Å². The molecule has 0 saturated carbocycles. The van der Waals surface area contributed by atoms with Crippen LogP contribution in [0.5, 0.6) is 17.2 Å². The molecule has 3 aromatic carbocycles. The molecular weight excluding hydrogens is 518 g/mol. The van der Waals surface area contributed by atoms with Crippen molar-refractivity contribution in [2.24, 2.45) is 5.10 Å². The van der Waals surface area contributed by atoms with E-state index in [0.29, 0.717) is 34.3 Å². The second kappa shape index (κ2) is 12.3. The van der Waals surface area contributed by atoms with Gasteiger partial charge < -0.3 is 18.6 Å². The van der Waals surface area contributed by atoms with E-state index in [4.69, 9.17) is 30.2 Å². The van der Waals surface area contributed by atoms with Crippen molar-refractivity contribution in [2.45, 2.75) is 12.1 Å². The van der Waals surface area contributed by atoms with Crippen molar-refractivity contribution in [3.05, 3.63) is 76.8 Å². The van der Waals surface area contributed by atoms with Gasteiger partial charge in [0, 0.05) is 0 Å². The molecule has 190 valence electrons. The normalized spacial score (nSPS) is 11.0. The summed E-state index contributed by atoms with van der Waals surface area (Å²) in [6, 6.07) is 17.0. The van der Waals surface area contributed by atoms with Gasteiger partial charge >= 0.3 is 5.97 Å². The van der Waals surface area contributed by atoms with Gasteiger partial charge in [0.1, 0.15) is 11.3 Å². The van der Waals surface area contributed by atoms with Crippen molar-refractivity contribution in [1.82, 2.24) is 10.4 Å². The molecule has 1 amide bonds. The number of thioether (sulfide) groups is 1. The maximum absolute atomic E-state index is 12.6. The summed E-state index contributed by atoms with van der Waals surface area (Å²) in [7, 11) is 1.54. The first-order chi connectivity index (χ1) is 18.0. The summed E-state index contributed by atoms with van der Waals surface area (Å²) < 4.78 is 21.8. The molecule has 0 unspecified atom stereocenters. The van der Waals surface area contributed by atoms with Gasteiger partial charge in [-0.2, -0.15) is 5.10 Å². The summed E-state index contributed by atoms with van der Waals surface area (Å²) >= 11 is 7.55. The molecule has 0 spiro atoms. The van der Waals surface area contributed by atoms with Gasteiger partial charge in [-0.05, 0) is 61.0 Å². The molecule has 1 N–H and O–H groups in total. The number of ether oxygens (including phenoxy) is 3. The number of nitrogens with one attached hydrogen (secondary N) is 1. The highest BCUT2D eigenvalue weighted by Gasteiger charge is 2.18. The first-order valence-electron chi connectivity index (χ1n) is 11.1. The zero-order valence-electron chi connectivity index (χ0n) is 19.9. The van der Waals surface area contributed by atoms with E-state index < -0.39 is 5.97 Å². The van der Waals surface area contributed by atoms with E-state index in [0.717, 1.165) is 17.3 Å². The standard InChI is InChI=1S/C26H22ClN3O6S/c1-3-34-22-13-16(12-19(27)24(22)36-25(32)17-8-10-18(33-2)11-9-17)14-28-30-23(31)15-37-26-29-20-6-4-5-7-21(20)35-26/h4-14H,3,15H2,1-2H3,(H,30,31)/b28-14+. The summed E-state index contributed by atoms with van der Waals surface area (Å²) in [5.74, 6) is 0.0804. The van der Waals surface area contributed by atoms with Crippen LogP contribution in [0.2, 0.25) is 5.02 Å². The number of hydrazone groups is 1. The Bertz CT molecular complexity index is 1410. The Morgan fingerprint density at radius 2 is 1.95 bits per heavy atom. The molecule has 4 aromatic rings. The number of rotatable bonds is 10. The fraction of sp³-hybridized carbons (Fsp3) is 0.154. The van der Waals surface area contributed by atoms with Gasteiger partial charge in [0.15, 0.2) is 17.1 Å². The SMILES string of the molecule is CCOc1cc(/C=N/NC(=O)CSc2nc3ccccc3o2)cc(Cl)c1OC(=O)c1ccc(OC)cc1. The summed E-state index contributed by atoms with van der Waals surface area (Å²) in [5, 5.41) is 4.51. The Kier molecular flexibility index (Phi) is 8.65. The van der Waals surface area contributed by atoms with Crippen LogP contribution in [0, 0.1) is 0 Å². The monoisotopic (exact) mass is 539 g/mol. The highest BCUT2D eigenvalue weighted by molar-refractivity contribution is 7.99. The lowest BCUT2D eigenvalue weighted by Gasteiger charge is -2.13. The number of hydrogen-bond acceptors (Lipinski definition) is 9. The van der Waals surface area contributed by atoms with E-state index in [1.54, 1.807) is 43.3 Å². The van der Waals surface area contributed by atoms with Crippen LogP contribution < -0.4 is 19.6 Å². The summed E-state index contributed by atoms with van der Waals surface area (Å²) in [6.45, 7) is 2.10. The molecule has 1 heterocycles. The average molecular weight is 540 g/mol. The number of carbonyl (C=O) groups excluding carboxylic acids is 2. The molecule has 11 heteroatoms. The minimum atomic E-state index is -0.601. The van der Waals surface area contributed by atoms with Gasteiger partial charge in [-0.25, -0.2) is 15.2 Å². The highest BCUT2D eigenvalue weighted by Crippen LogP contribution is 2.37. The van der Waals surface area contributed by atoms with Crippen molar-refractivity contribution in [3.8, 4) is 17.2 Å². The molecule has 0 bridgehead atoms. The molecule has 0 aliphatic rings. The van der Waals surface area contributed by atoms with E-state index in [1.165, 1.54) is 13.3 Å². The molecule has 0 saturated heterocycles. The Morgan fingerprint density at radius 3 is 2.68 bits per heavy atom. The van der Waals surface area contributed by atoms with Crippen molar-refractivity contribution in [2.75, 3.05) is 19.5 Å². The number of esters is 1. The Hall–Kier alpha value is -4.02. The zero-order valence-corrected chi connectivity index (χ0v) is 21.5. The Morgan fingerprint density at radius 1 is 1.16 bits per heavy atom. The lowest BCUT2D eigenvalue weighted by atomic mass is 10.2. The molecule has 0 aliphatic heterocycles. The molecule has 9 nitrogen and oxygen atoms in total. The number of oxazole rings is 1. The number of amides is 1. The number of aromatic nitrogens is 1. The number of hydrogen-bond donors (Lipinski definition) is 1. The van der Waals surface area contributed by atoms with Crippen molar-refractivity contribution in [3.63, 3.8) is 0 Å². The smallest absolute Gasteiger partial charge is 0.343 e. The van der Waals surface area contributed by atoms with Gasteiger partial charge in [0.2, 0.25) is 0 Å². The number of benzene rings is 3. The summed E-state index contributed by atoms with van der Waals surface area (Å²) in [6.07, 6.45) is 1.41. The van der Waals surface area contributed by atoms with E-state index >= 15 is 0 Å². The third kappa shape index (κ3) is 6.81. The fourth-order valence-electron chi connectivity index (χ4n) is 3.15. The lowest BCUT2D eigenvalue weighted by Crippen LogP contribution is -2.19. The zero-order chi connectivity index (χ0) is 26.2. The van der Waals surface area contributed by atoms with Crippen molar-refractivity contribution < 1.29 is 28.2 Å². The van der Waals surface area contributed by atoms with Crippen LogP contribution in [0.25, 0.3) is 11.1 Å². The van der Waals surface area contributed by atoms with Crippen molar-refractivity contribution >= 4 is 52.6 Å². The third-order valence-corrected chi connectivity index (χ3v) is 5.96. The van der Waals surface area contributed by atoms with Gasteiger partial charge in [-0.3, -0.25) is 4.79 Å². The molecule has 0 fully saturated rings. The van der Waals surface area contributed by atoms with Crippen LogP contribution in [-0.2, 0) is 4.79 Å². The molecule has 0 aliphatic carbocycles. The largest absolute Gasteiger partial charge is 0.497 e. The van der Waals surface area contributed by atoms with Gasteiger partial charge in [-0.15, -0.1) is 0 Å². The number of nitrogens with zero attached hydrogens (tertiary/aromatic N) is 2. The maximum atomic E-state index is 12.6. The Balaban J connectivity index is 1.38. The van der Waals surface area contributed by atoms with Gasteiger partial charge in [0.05, 0.1) is 36.3 Å². The highest BCUT2D eigenvalue weighted by atomic mass is 35.5. The van der Waals surface area contributed by atoms with Crippen LogP contribution in [0.3, 0.4) is 0 Å². The molecule has 4 rings (SSSR count). The second-order valence-corrected chi connectivity index (χ2v) is 8.74. The second-order valence-electron chi connectivity index (χ2n) is 7.41. The lowest BCUT2D eigenvalue weighted by molar-refractivity contribution is -0.118. The molecule has 37 heavy (non-hydrogen) atoms. The van der Waals surface area contributed by atoms with Gasteiger partial charge in [-0.1, -0.05) is 35.5 Å². The summed E-state index contributed by atoms with van der Waals surface area (Å²) in [5.41, 5.74) is 4.68. The summed E-state index contributed by atoms with van der Waals surface area (Å²) in [4.78, 5) is 29.1. The number of methoxy groups -OCH3 is 1. The first kappa shape index (κ1) is 26.1. The third-order valence-electron chi connectivity index (χ3n) is 4.86. The Labute approximate surface area is 221 Å². The topological polar surface area (TPSA) is 112 Å². The quantitative estimate of drug-likeness (QED) is 0.0943. The number of carbonyl (C=O) groups is 2. The number of fused-ring (bicyclic) bond motifs is 1. The van der Waals surface area contributed by atoms with E-state index in [-0.39, 0.29) is 28.2 Å². The van der Waals surface area contributed by atoms with E-state index in [1.807, 2.05) is 24.3 Å². The number of para-hydroxylation sites is 2. The maximum Gasteiger partial charge on any atom is 0.343 e. The molecule has 1 aromatic heterocycles. The predicted molar refractivity (Wildman–Crippen MR) is 141 cm³/mol. The molecule has 0 radical (unpaired) electrons. The average Bonchev–Trinajstić information content (AvgIpc) is 3.33. The minimum absolute atomic E-state index is 0.0648. The van der Waals surface area contributed by atoms with Crippen LogP contribution in [0.1, 0.15) is 22.8 Å². The molecular formula is C26H22ClN3O6S. The molecule has 0 atom stereocenters. The van der Waals surface area contributed by atoms with E-state index in [2.05, 4.69) is 15.5 Å². The van der Waals surface area contributed by atoms with Crippen LogP contribution in [0.15, 0.2) is 75.4 Å². The first-order valence-corrected chi connectivity index (χ1v) is 12.5. The number of halogens is 1. The van der Waals surface area contributed by atoms with Crippen LogP contribution >= 0.6 is 23.4 Å². The van der Waals surface area contributed by atoms with Crippen LogP contribution in [0.4, 0.5) is 0 Å². The van der Waals surface area contributed by atoms with Crippen molar-refractivity contribution in [1.29, 1.82) is 0 Å². The minimum Gasteiger partial charge on any atom is -0.497 e. The van der Waals surface area contributed by atoms with Gasteiger partial charge in [0.25, 0.3) is 11.1 Å². The predicted octanol–water partition coefficient (Wildman–Crippen LogP) is 5.35.